The smallest absolute Gasteiger partial charge is 0.357 e. The molecule has 0 unspecified atom stereocenters. The first-order chi connectivity index (χ1) is 9.74. The van der Waals surface area contributed by atoms with Gasteiger partial charge in [0.05, 0.1) is 6.04 Å². The van der Waals surface area contributed by atoms with Crippen LogP contribution in [0.25, 0.3) is 0 Å². The second-order valence-corrected chi connectivity index (χ2v) is 4.25. The van der Waals surface area contributed by atoms with Crippen molar-refractivity contribution in [2.24, 2.45) is 0 Å². The Bertz CT molecular complexity index is 635. The average molecular weight is 268 g/mol. The van der Waals surface area contributed by atoms with E-state index in [4.69, 9.17) is 4.74 Å². The molecule has 1 aromatic carbocycles. The predicted octanol–water partition coefficient (Wildman–Crippen LogP) is 2.67. The summed E-state index contributed by atoms with van der Waals surface area (Å²) in [6, 6.07) is 11.5. The summed E-state index contributed by atoms with van der Waals surface area (Å²) in [4.78, 5) is 12.0. The summed E-state index contributed by atoms with van der Waals surface area (Å²) in [6.45, 7) is 3.79. The number of ether oxygens (including phenoxy) is 1. The molecule has 0 spiro atoms. The van der Waals surface area contributed by atoms with E-state index in [0.717, 1.165) is 5.56 Å². The van der Waals surface area contributed by atoms with Crippen molar-refractivity contribution in [1.29, 1.82) is 0 Å². The van der Waals surface area contributed by atoms with Crippen molar-refractivity contribution in [3.8, 4) is 11.8 Å². The van der Waals surface area contributed by atoms with Crippen molar-refractivity contribution >= 4 is 5.97 Å². The maximum absolute atomic E-state index is 12.0. The van der Waals surface area contributed by atoms with E-state index in [2.05, 4.69) is 16.9 Å². The minimum absolute atomic E-state index is 0.0361. The highest BCUT2D eigenvalue weighted by atomic mass is 16.5. The summed E-state index contributed by atoms with van der Waals surface area (Å²) < 4.78 is 6.74. The van der Waals surface area contributed by atoms with Gasteiger partial charge in [-0.15, -0.1) is 5.92 Å². The van der Waals surface area contributed by atoms with Crippen LogP contribution in [0.1, 0.15) is 35.9 Å². The van der Waals surface area contributed by atoms with Gasteiger partial charge in [0.25, 0.3) is 0 Å². The summed E-state index contributed by atoms with van der Waals surface area (Å²) in [7, 11) is 0. The molecule has 102 valence electrons. The van der Waals surface area contributed by atoms with Gasteiger partial charge >= 0.3 is 5.97 Å². The second kappa shape index (κ2) is 6.58. The number of hydrogen-bond acceptors (Lipinski definition) is 3. The van der Waals surface area contributed by atoms with Crippen molar-refractivity contribution in [2.45, 2.75) is 19.9 Å². The third-order valence-electron chi connectivity index (χ3n) is 2.98. The summed E-state index contributed by atoms with van der Waals surface area (Å²) in [6.07, 6.45) is 1.60. The first-order valence-electron chi connectivity index (χ1n) is 6.39. The van der Waals surface area contributed by atoms with Crippen LogP contribution in [-0.4, -0.2) is 22.4 Å². The van der Waals surface area contributed by atoms with Gasteiger partial charge in [0.15, 0.2) is 6.61 Å². The predicted molar refractivity (Wildman–Crippen MR) is 76.2 cm³/mol. The van der Waals surface area contributed by atoms with Gasteiger partial charge in [-0.25, -0.2) is 4.79 Å². The fourth-order valence-corrected chi connectivity index (χ4v) is 1.91. The summed E-state index contributed by atoms with van der Waals surface area (Å²) >= 11 is 0. The molecular weight excluding hydrogens is 252 g/mol. The molecule has 0 aliphatic heterocycles. The van der Waals surface area contributed by atoms with Crippen molar-refractivity contribution in [3.05, 3.63) is 53.9 Å². The van der Waals surface area contributed by atoms with Crippen molar-refractivity contribution in [3.63, 3.8) is 0 Å². The first-order valence-corrected chi connectivity index (χ1v) is 6.39. The monoisotopic (exact) mass is 268 g/mol. The van der Waals surface area contributed by atoms with Gasteiger partial charge < -0.3 is 4.74 Å². The molecule has 1 heterocycles. The lowest BCUT2D eigenvalue weighted by Crippen LogP contribution is -2.17. The van der Waals surface area contributed by atoms with Crippen molar-refractivity contribution in [2.75, 3.05) is 6.61 Å². The Hall–Kier alpha value is -2.54. The van der Waals surface area contributed by atoms with Crippen LogP contribution in [-0.2, 0) is 4.74 Å². The fraction of sp³-hybridized carbons (Fsp3) is 0.250. The molecule has 1 aromatic heterocycles. The molecule has 0 saturated carbocycles. The van der Waals surface area contributed by atoms with Gasteiger partial charge in [0, 0.05) is 6.20 Å². The standard InChI is InChI=1S/C16H16N2O2/c1-3-4-12-20-16(19)15-10-11-17-18(15)13(2)14-8-6-5-7-9-14/h5-11,13H,12H2,1-2H3/t13-/m1/s1. The van der Waals surface area contributed by atoms with Gasteiger partial charge in [-0.1, -0.05) is 36.3 Å². The largest absolute Gasteiger partial charge is 0.448 e. The van der Waals surface area contributed by atoms with Gasteiger partial charge in [0.2, 0.25) is 0 Å². The molecule has 0 N–H and O–H groups in total. The van der Waals surface area contributed by atoms with Crippen LogP contribution in [0.2, 0.25) is 0 Å². The Morgan fingerprint density at radius 3 is 2.80 bits per heavy atom. The molecule has 2 aromatic rings. The van der Waals surface area contributed by atoms with Crippen LogP contribution in [0.5, 0.6) is 0 Å². The Kier molecular flexibility index (Phi) is 4.56. The average Bonchev–Trinajstić information content (AvgIpc) is 2.97. The number of nitrogens with zero attached hydrogens (tertiary/aromatic N) is 2. The quantitative estimate of drug-likeness (QED) is 0.632. The highest BCUT2D eigenvalue weighted by Crippen LogP contribution is 2.18. The first kappa shape index (κ1) is 13.9. The molecule has 0 saturated heterocycles. The molecule has 0 aliphatic carbocycles. The number of hydrogen-bond donors (Lipinski definition) is 0. The van der Waals surface area contributed by atoms with Crippen LogP contribution >= 0.6 is 0 Å². The molecule has 0 amide bonds. The van der Waals surface area contributed by atoms with Crippen LogP contribution < -0.4 is 0 Å². The van der Waals surface area contributed by atoms with Crippen LogP contribution in [0.15, 0.2) is 42.6 Å². The Balaban J connectivity index is 2.19. The van der Waals surface area contributed by atoms with Crippen molar-refractivity contribution < 1.29 is 9.53 Å². The van der Waals surface area contributed by atoms with Gasteiger partial charge in [-0.2, -0.15) is 5.10 Å². The Morgan fingerprint density at radius 1 is 1.35 bits per heavy atom. The van der Waals surface area contributed by atoms with E-state index >= 15 is 0 Å². The van der Waals surface area contributed by atoms with Crippen LogP contribution in [0.3, 0.4) is 0 Å². The molecule has 20 heavy (non-hydrogen) atoms. The maximum atomic E-state index is 12.0. The van der Waals surface area contributed by atoms with E-state index in [1.165, 1.54) is 0 Å². The minimum Gasteiger partial charge on any atom is -0.448 e. The second-order valence-electron chi connectivity index (χ2n) is 4.25. The Labute approximate surface area is 118 Å². The lowest BCUT2D eigenvalue weighted by molar-refractivity contribution is 0.0541. The highest BCUT2D eigenvalue weighted by Gasteiger charge is 2.18. The highest BCUT2D eigenvalue weighted by molar-refractivity contribution is 5.87. The van der Waals surface area contributed by atoms with E-state index in [0.29, 0.717) is 5.69 Å². The van der Waals surface area contributed by atoms with Gasteiger partial charge in [0.1, 0.15) is 5.69 Å². The third-order valence-corrected chi connectivity index (χ3v) is 2.98. The molecule has 0 bridgehead atoms. The van der Waals surface area contributed by atoms with Crippen LogP contribution in [0.4, 0.5) is 0 Å². The molecular formula is C16H16N2O2. The number of carbonyl (C=O) groups excluding carboxylic acids is 1. The molecule has 0 fully saturated rings. The molecule has 2 rings (SSSR count). The zero-order valence-electron chi connectivity index (χ0n) is 11.5. The van der Waals surface area contributed by atoms with E-state index in [1.807, 2.05) is 37.3 Å². The van der Waals surface area contributed by atoms with E-state index in [-0.39, 0.29) is 12.6 Å². The lowest BCUT2D eigenvalue weighted by atomic mass is 10.1. The SMILES string of the molecule is CC#CCOC(=O)c1ccnn1[C@H](C)c1ccccc1. The number of carbonyl (C=O) groups is 1. The molecule has 0 aliphatic rings. The normalized spacial score (nSPS) is 11.3. The van der Waals surface area contributed by atoms with E-state index < -0.39 is 5.97 Å². The molecule has 4 nitrogen and oxygen atoms in total. The minimum atomic E-state index is -0.409. The molecule has 0 radical (unpaired) electrons. The number of esters is 1. The van der Waals surface area contributed by atoms with Gasteiger partial charge in [-0.05, 0) is 25.5 Å². The van der Waals surface area contributed by atoms with Crippen molar-refractivity contribution in [1.82, 2.24) is 9.78 Å². The zero-order valence-corrected chi connectivity index (χ0v) is 11.5. The number of benzene rings is 1. The zero-order chi connectivity index (χ0) is 14.4. The van der Waals surface area contributed by atoms with E-state index in [1.54, 1.807) is 23.9 Å². The van der Waals surface area contributed by atoms with E-state index in [9.17, 15) is 4.79 Å². The summed E-state index contributed by atoms with van der Waals surface area (Å²) in [5, 5.41) is 4.22. The van der Waals surface area contributed by atoms with Crippen LogP contribution in [0, 0.1) is 11.8 Å². The van der Waals surface area contributed by atoms with Gasteiger partial charge in [-0.3, -0.25) is 4.68 Å². The Morgan fingerprint density at radius 2 is 2.10 bits per heavy atom. The summed E-state index contributed by atoms with van der Waals surface area (Å²) in [5.74, 6) is 4.97. The molecule has 4 heteroatoms. The maximum Gasteiger partial charge on any atom is 0.357 e. The fourth-order valence-electron chi connectivity index (χ4n) is 1.91. The lowest BCUT2D eigenvalue weighted by Gasteiger charge is -2.15. The third kappa shape index (κ3) is 3.07. The number of rotatable bonds is 4. The number of aromatic nitrogens is 2. The summed E-state index contributed by atoms with van der Waals surface area (Å²) in [5.41, 5.74) is 1.51. The molecule has 1 atom stereocenters. The topological polar surface area (TPSA) is 44.1 Å².